The van der Waals surface area contributed by atoms with Crippen molar-refractivity contribution in [3.63, 3.8) is 0 Å². The molecule has 96 heavy (non-hydrogen) atoms. The number of aliphatic hydroxyl groups excluding tert-OH is 1. The number of hydrogen-bond donors (Lipinski definition) is 5. The number of amides is 11. The van der Waals surface area contributed by atoms with Crippen molar-refractivity contribution in [3.05, 3.63) is 0 Å². The first-order chi connectivity index (χ1) is 44.9. The molecule has 27 heteroatoms. The molecule has 11 amide bonds. The number of fused-ring (bicyclic) bond motifs is 1. The van der Waals surface area contributed by atoms with E-state index in [1.54, 1.807) is 41.5 Å². The van der Waals surface area contributed by atoms with E-state index in [0.717, 1.165) is 31.1 Å². The molecule has 3 heterocycles. The summed E-state index contributed by atoms with van der Waals surface area (Å²) in [5.74, 6) is -9.39. The maximum Gasteiger partial charge on any atom is 0.270 e. The van der Waals surface area contributed by atoms with Crippen molar-refractivity contribution in [2.75, 3.05) is 88.3 Å². The number of rotatable bonds is 22. The van der Waals surface area contributed by atoms with Crippen molar-refractivity contribution < 1.29 is 72.2 Å². The molecule has 0 radical (unpaired) electrons. The van der Waals surface area contributed by atoms with Gasteiger partial charge in [-0.1, -0.05) is 95.9 Å². The molecule has 3 rings (SSSR count). The van der Waals surface area contributed by atoms with Crippen LogP contribution in [0.1, 0.15) is 175 Å². The third-order valence-corrected chi connectivity index (χ3v) is 19.1. The summed E-state index contributed by atoms with van der Waals surface area (Å²) >= 11 is 0. The Labute approximate surface area is 573 Å². The monoisotopic (exact) mass is 1360 g/mol. The Kier molecular flexibility index (Phi) is 34.7. The van der Waals surface area contributed by atoms with Gasteiger partial charge in [-0.3, -0.25) is 62.5 Å². The molecular formula is C69H124N12O15. The highest BCUT2D eigenvalue weighted by Crippen LogP contribution is 2.34. The van der Waals surface area contributed by atoms with E-state index in [-0.39, 0.29) is 62.6 Å². The number of hydroxylamine groups is 2. The Balaban J connectivity index is 2.29. The largest absolute Gasteiger partial charge is 0.396 e. The predicted octanol–water partition coefficient (Wildman–Crippen LogP) is 3.04. The number of nitrogens with one attached hydrogen (secondary N) is 4. The minimum atomic E-state index is -1.39. The number of unbranched alkanes of at least 4 members (excludes halogenated alkanes) is 3. The van der Waals surface area contributed by atoms with Crippen LogP contribution in [-0.4, -0.2) is 276 Å². The second-order valence-corrected chi connectivity index (χ2v) is 29.1. The normalized spacial score (nSPS) is 28.2. The molecular weight excluding hydrogens is 1240 g/mol. The molecule has 27 nitrogen and oxygen atoms in total. The van der Waals surface area contributed by atoms with Gasteiger partial charge in [-0.05, 0) is 121 Å². The van der Waals surface area contributed by atoms with Crippen LogP contribution in [0.15, 0.2) is 0 Å². The SMILES string of the molecule is CCC1NC(=O)[C@@H]2[C@@H]([C@H](C)CCCCCO)ON2C(=O)C(C(C)C)N(C)C(=O)[C@H](CC(C)C)N(C)C(=O)[C@H](CC(C)C)N(C)C(=O)[C@@H](C)NC(=O)C(C)NC(=O)[C@H](CC(C)C)N(C)C(=O)C(C(C)C)NC(=O)C([C@@H](C)OCCCCN2CCOCC2)N(C)C(=O)[C@@H](C)N(C)C1=O. The summed E-state index contributed by atoms with van der Waals surface area (Å²) in [5.41, 5.74) is 0. The Hall–Kier alpha value is -6.03. The third-order valence-electron chi connectivity index (χ3n) is 19.1. The zero-order valence-electron chi connectivity index (χ0n) is 62.2. The fourth-order valence-electron chi connectivity index (χ4n) is 12.8. The first kappa shape index (κ1) is 84.2. The third kappa shape index (κ3) is 23.0. The van der Waals surface area contributed by atoms with E-state index in [1.165, 1.54) is 92.5 Å². The molecule has 0 saturated carbocycles. The maximum atomic E-state index is 15.2. The van der Waals surface area contributed by atoms with Gasteiger partial charge in [0.2, 0.25) is 59.1 Å². The number of aliphatic hydroxyl groups is 1. The lowest BCUT2D eigenvalue weighted by Gasteiger charge is -2.50. The average molecular weight is 1360 g/mol. The molecule has 0 aromatic rings. The van der Waals surface area contributed by atoms with Crippen molar-refractivity contribution in [3.8, 4) is 0 Å². The molecule has 3 aliphatic heterocycles. The van der Waals surface area contributed by atoms with Crippen LogP contribution >= 0.6 is 0 Å². The molecule has 0 aliphatic carbocycles. The van der Waals surface area contributed by atoms with Gasteiger partial charge in [0, 0.05) is 68.6 Å². The van der Waals surface area contributed by atoms with Crippen LogP contribution in [0.2, 0.25) is 0 Å². The standard InChI is InChI=1S/C69H124N12O15/c1-23-50-65(89)74(17)48(15)64(88)79(22)56(49(16)95-34-28-26-30-80-31-35-94-36-32-80)61(85)73-54(43(8)9)68(92)75(18)51(37-40(2)3)60(84)70-46(13)59(83)71-47(14)63(87)76(19)52(38-41(4)5)66(90)77(20)53(39-42(6)7)67(91)78(21)55(44(10)11)69(93)81-57(62(86)72-50)58(96-81)45(12)29-25-24-27-33-82/h40-58,82H,23-39H2,1-22H3,(H,70,84)(H,71,83)(H,72,86)(H,73,85)/t45-,46?,47-,48-,49-,50?,51+,52+,53+,54?,55?,56?,57+,58-/m1/s1. The fourth-order valence-corrected chi connectivity index (χ4v) is 12.8. The Morgan fingerprint density at radius 2 is 1.02 bits per heavy atom. The Bertz CT molecular complexity index is 2590. The van der Waals surface area contributed by atoms with Gasteiger partial charge in [-0.15, -0.1) is 0 Å². The van der Waals surface area contributed by atoms with Crippen molar-refractivity contribution >= 4 is 65.0 Å². The first-order valence-electron chi connectivity index (χ1n) is 35.2. The summed E-state index contributed by atoms with van der Waals surface area (Å²) in [4.78, 5) is 179. The second-order valence-electron chi connectivity index (χ2n) is 29.1. The van der Waals surface area contributed by atoms with Crippen LogP contribution in [0.5, 0.6) is 0 Å². The van der Waals surface area contributed by atoms with Crippen LogP contribution in [0.4, 0.5) is 0 Å². The highest BCUT2D eigenvalue weighted by molar-refractivity contribution is 6.00. The van der Waals surface area contributed by atoms with Crippen molar-refractivity contribution in [2.45, 2.75) is 254 Å². The van der Waals surface area contributed by atoms with Gasteiger partial charge < -0.3 is 65.2 Å². The zero-order chi connectivity index (χ0) is 72.9. The van der Waals surface area contributed by atoms with Gasteiger partial charge in [0.05, 0.1) is 19.3 Å². The summed E-state index contributed by atoms with van der Waals surface area (Å²) in [5, 5.41) is 21.7. The van der Waals surface area contributed by atoms with E-state index in [4.69, 9.17) is 14.3 Å². The van der Waals surface area contributed by atoms with Crippen LogP contribution in [0.25, 0.3) is 0 Å². The molecule has 3 fully saturated rings. The van der Waals surface area contributed by atoms with Gasteiger partial charge in [-0.2, -0.15) is 0 Å². The summed E-state index contributed by atoms with van der Waals surface area (Å²) in [6, 6.07) is -13.7. The number of carbonyl (C=O) groups is 11. The summed E-state index contributed by atoms with van der Waals surface area (Å²) < 4.78 is 11.9. The van der Waals surface area contributed by atoms with E-state index >= 15 is 24.0 Å². The van der Waals surface area contributed by atoms with E-state index in [0.29, 0.717) is 45.3 Å². The van der Waals surface area contributed by atoms with Crippen LogP contribution < -0.4 is 21.3 Å². The van der Waals surface area contributed by atoms with Gasteiger partial charge in [0.1, 0.15) is 66.5 Å². The molecule has 0 bridgehead atoms. The average Bonchev–Trinajstić information content (AvgIpc) is 0.758. The van der Waals surface area contributed by atoms with Gasteiger partial charge >= 0.3 is 0 Å². The topological polar surface area (TPSA) is 310 Å². The number of nitrogens with zero attached hydrogens (tertiary/aromatic N) is 8. The first-order valence-corrected chi connectivity index (χ1v) is 35.2. The lowest BCUT2D eigenvalue weighted by atomic mass is 9.88. The van der Waals surface area contributed by atoms with Crippen LogP contribution in [0.3, 0.4) is 0 Å². The Morgan fingerprint density at radius 3 is 1.55 bits per heavy atom. The van der Waals surface area contributed by atoms with Gasteiger partial charge in [0.15, 0.2) is 6.04 Å². The van der Waals surface area contributed by atoms with E-state index in [1.807, 2.05) is 48.5 Å². The molecule has 0 aromatic heterocycles. The zero-order valence-corrected chi connectivity index (χ0v) is 62.2. The van der Waals surface area contributed by atoms with Crippen LogP contribution in [0, 0.1) is 35.5 Å². The highest BCUT2D eigenvalue weighted by atomic mass is 16.7. The molecule has 3 saturated heterocycles. The van der Waals surface area contributed by atoms with Crippen molar-refractivity contribution in [1.29, 1.82) is 0 Å². The molecule has 5 unspecified atom stereocenters. The number of likely N-dealkylation sites (N-methyl/N-ethyl adjacent to an activating group) is 6. The molecule has 550 valence electrons. The molecule has 0 spiro atoms. The van der Waals surface area contributed by atoms with E-state index < -0.39 is 155 Å². The lowest BCUT2D eigenvalue weighted by molar-refractivity contribution is -0.322. The predicted molar refractivity (Wildman–Crippen MR) is 365 cm³/mol. The smallest absolute Gasteiger partial charge is 0.270 e. The van der Waals surface area contributed by atoms with Gasteiger partial charge in [-0.25, -0.2) is 5.06 Å². The summed E-state index contributed by atoms with van der Waals surface area (Å²) in [6.45, 7) is 31.7. The second kappa shape index (κ2) is 39.5. The summed E-state index contributed by atoms with van der Waals surface area (Å²) in [7, 11) is 8.63. The van der Waals surface area contributed by atoms with Crippen LogP contribution in [-0.2, 0) is 67.1 Å². The minimum absolute atomic E-state index is 0.00352. The fraction of sp³-hybridized carbons (Fsp3) is 0.841. The van der Waals surface area contributed by atoms with E-state index in [2.05, 4.69) is 26.2 Å². The van der Waals surface area contributed by atoms with Gasteiger partial charge in [0.25, 0.3) is 5.91 Å². The summed E-state index contributed by atoms with van der Waals surface area (Å²) in [6.07, 6.45) is 2.52. The molecule has 14 atom stereocenters. The number of ether oxygens (including phenoxy) is 2. The lowest BCUT2D eigenvalue weighted by Crippen LogP contribution is -2.72. The number of morpholine rings is 1. The van der Waals surface area contributed by atoms with E-state index in [9.17, 15) is 33.9 Å². The molecule has 5 N–H and O–H groups in total. The highest BCUT2D eigenvalue weighted by Gasteiger charge is 2.55. The quantitative estimate of drug-likeness (QED) is 0.0973. The number of hydrogen-bond acceptors (Lipinski definition) is 16. The molecule has 0 aromatic carbocycles. The van der Waals surface area contributed by atoms with Crippen molar-refractivity contribution in [1.82, 2.24) is 60.6 Å². The number of carbonyl (C=O) groups excluding carboxylic acids is 11. The molecule has 3 aliphatic rings. The maximum absolute atomic E-state index is 15.2. The minimum Gasteiger partial charge on any atom is -0.396 e. The Morgan fingerprint density at radius 1 is 0.500 bits per heavy atom. The van der Waals surface area contributed by atoms with Crippen molar-refractivity contribution in [2.24, 2.45) is 35.5 Å².